The molecule has 0 unspecified atom stereocenters. The van der Waals surface area contributed by atoms with E-state index in [1.165, 1.54) is 10.4 Å². The first-order valence-corrected chi connectivity index (χ1v) is 11.1. The zero-order chi connectivity index (χ0) is 20.4. The number of nitrogens with one attached hydrogen (secondary N) is 1. The molecular weight excluding hydrogens is 404 g/mol. The zero-order valence-electron chi connectivity index (χ0n) is 16.6. The van der Waals surface area contributed by atoms with Crippen molar-refractivity contribution >= 4 is 29.5 Å². The summed E-state index contributed by atoms with van der Waals surface area (Å²) in [6.45, 7) is 3.43. The molecule has 2 aromatic heterocycles. The van der Waals surface area contributed by atoms with Crippen molar-refractivity contribution in [3.63, 3.8) is 0 Å². The number of carbonyl (C=O) groups excluding carboxylic acids is 1. The molecule has 0 bridgehead atoms. The predicted molar refractivity (Wildman–Crippen MR) is 117 cm³/mol. The third-order valence-corrected chi connectivity index (χ3v) is 6.77. The van der Waals surface area contributed by atoms with Gasteiger partial charge in [-0.3, -0.25) is 14.5 Å². The molecule has 6 nitrogen and oxygen atoms in total. The maximum Gasteiger partial charge on any atom is 0.224 e. The molecule has 8 heteroatoms. The van der Waals surface area contributed by atoms with Gasteiger partial charge in [-0.25, -0.2) is 0 Å². The highest BCUT2D eigenvalue weighted by Gasteiger charge is 2.30. The summed E-state index contributed by atoms with van der Waals surface area (Å²) in [5.41, 5.74) is 2.24. The van der Waals surface area contributed by atoms with E-state index in [9.17, 15) is 4.79 Å². The Morgan fingerprint density at radius 3 is 2.86 bits per heavy atom. The molecule has 4 rings (SSSR count). The summed E-state index contributed by atoms with van der Waals surface area (Å²) in [6, 6.07) is 10.0. The number of fused-ring (bicyclic) bond motifs is 1. The van der Waals surface area contributed by atoms with Crippen LogP contribution < -0.4 is 4.74 Å². The van der Waals surface area contributed by atoms with E-state index < -0.39 is 0 Å². The van der Waals surface area contributed by atoms with Gasteiger partial charge in [-0.05, 0) is 66.3 Å². The number of aromatic nitrogens is 3. The normalized spacial score (nSPS) is 15.9. The maximum atomic E-state index is 13.1. The highest BCUT2D eigenvalue weighted by atomic mass is 32.1. The Morgan fingerprint density at radius 2 is 2.14 bits per heavy atom. The number of rotatable bonds is 6. The number of hydrogen-bond donors (Lipinski definition) is 1. The largest absolute Gasteiger partial charge is 0.497 e. The second kappa shape index (κ2) is 8.51. The van der Waals surface area contributed by atoms with E-state index in [2.05, 4.69) is 28.6 Å². The average molecular weight is 429 g/mol. The summed E-state index contributed by atoms with van der Waals surface area (Å²) >= 11 is 7.21. The van der Waals surface area contributed by atoms with Crippen molar-refractivity contribution in [3.05, 3.63) is 50.9 Å². The smallest absolute Gasteiger partial charge is 0.224 e. The van der Waals surface area contributed by atoms with Crippen LogP contribution in [-0.2, 0) is 17.8 Å². The number of nitrogens with zero attached hydrogens (tertiary/aromatic N) is 3. The van der Waals surface area contributed by atoms with Gasteiger partial charge in [-0.2, -0.15) is 5.10 Å². The number of amides is 1. The van der Waals surface area contributed by atoms with Gasteiger partial charge >= 0.3 is 0 Å². The average Bonchev–Trinajstić information content (AvgIpc) is 3.37. The first kappa shape index (κ1) is 19.8. The Morgan fingerprint density at radius 1 is 1.34 bits per heavy atom. The molecule has 3 heterocycles. The Bertz CT molecular complexity index is 1050. The quantitative estimate of drug-likeness (QED) is 0.583. The Kier molecular flexibility index (Phi) is 5.82. The monoisotopic (exact) mass is 428 g/mol. The van der Waals surface area contributed by atoms with Gasteiger partial charge in [-0.1, -0.05) is 6.92 Å². The maximum absolute atomic E-state index is 13.1. The van der Waals surface area contributed by atoms with Crippen LogP contribution in [0.3, 0.4) is 0 Å². The number of carbonyl (C=O) groups is 1. The van der Waals surface area contributed by atoms with Crippen molar-refractivity contribution in [1.29, 1.82) is 0 Å². The molecule has 0 saturated heterocycles. The summed E-state index contributed by atoms with van der Waals surface area (Å²) in [5.74, 6) is 1.68. The van der Waals surface area contributed by atoms with E-state index in [0.29, 0.717) is 17.7 Å². The molecule has 0 fully saturated rings. The number of ether oxygens (including phenoxy) is 1. The zero-order valence-corrected chi connectivity index (χ0v) is 18.2. The molecule has 3 aromatic rings. The third kappa shape index (κ3) is 3.86. The van der Waals surface area contributed by atoms with Gasteiger partial charge in [0.25, 0.3) is 0 Å². The molecule has 0 aliphatic carbocycles. The first-order valence-electron chi connectivity index (χ1n) is 9.77. The third-order valence-electron chi connectivity index (χ3n) is 5.46. The predicted octanol–water partition coefficient (Wildman–Crippen LogP) is 4.60. The number of aromatic amines is 1. The summed E-state index contributed by atoms with van der Waals surface area (Å²) < 4.78 is 7.64. The molecule has 0 saturated carbocycles. The van der Waals surface area contributed by atoms with Crippen LogP contribution in [0.25, 0.3) is 11.4 Å². The van der Waals surface area contributed by atoms with Crippen LogP contribution in [0.4, 0.5) is 0 Å². The Balaban J connectivity index is 1.50. The Hall–Kier alpha value is -2.45. The fourth-order valence-corrected chi connectivity index (χ4v) is 5.12. The van der Waals surface area contributed by atoms with Gasteiger partial charge in [0.05, 0.1) is 13.2 Å². The van der Waals surface area contributed by atoms with Crippen molar-refractivity contribution < 1.29 is 9.53 Å². The lowest BCUT2D eigenvalue weighted by molar-refractivity contribution is -0.134. The fourth-order valence-electron chi connectivity index (χ4n) is 3.97. The molecule has 1 aromatic carbocycles. The van der Waals surface area contributed by atoms with Gasteiger partial charge in [-0.15, -0.1) is 11.3 Å². The number of methoxy groups -OCH3 is 1. The lowest BCUT2D eigenvalue weighted by atomic mass is 9.97. The van der Waals surface area contributed by atoms with Crippen LogP contribution in [-0.4, -0.2) is 39.2 Å². The number of benzene rings is 1. The van der Waals surface area contributed by atoms with Crippen LogP contribution >= 0.6 is 23.6 Å². The number of thiophene rings is 1. The van der Waals surface area contributed by atoms with E-state index in [1.54, 1.807) is 18.4 Å². The molecule has 1 aliphatic heterocycles. The van der Waals surface area contributed by atoms with Crippen molar-refractivity contribution in [2.24, 2.45) is 0 Å². The van der Waals surface area contributed by atoms with E-state index in [-0.39, 0.29) is 11.9 Å². The van der Waals surface area contributed by atoms with E-state index in [0.717, 1.165) is 36.5 Å². The standard InChI is InChI=1S/C21H24N4O2S2/c1-3-17-16-10-13-29-18(16)8-11-24(17)19(26)9-12-25-20(22-23-21(25)28)14-4-6-15(27-2)7-5-14/h4-7,10,13,17H,3,8-9,11-12H2,1-2H3,(H,23,28)/t17-/m0/s1. The minimum Gasteiger partial charge on any atom is -0.497 e. The van der Waals surface area contributed by atoms with Crippen molar-refractivity contribution in [3.8, 4) is 17.1 Å². The van der Waals surface area contributed by atoms with Crippen LogP contribution in [0, 0.1) is 4.77 Å². The fraction of sp³-hybridized carbons (Fsp3) is 0.381. The second-order valence-electron chi connectivity index (χ2n) is 7.04. The van der Waals surface area contributed by atoms with Gasteiger partial charge in [0.15, 0.2) is 10.6 Å². The molecular formula is C21H24N4O2S2. The van der Waals surface area contributed by atoms with Crippen molar-refractivity contribution in [2.75, 3.05) is 13.7 Å². The molecule has 29 heavy (non-hydrogen) atoms. The minimum atomic E-state index is 0.164. The van der Waals surface area contributed by atoms with E-state index >= 15 is 0 Å². The first-order chi connectivity index (χ1) is 14.1. The van der Waals surface area contributed by atoms with Crippen LogP contribution in [0.1, 0.15) is 36.2 Å². The van der Waals surface area contributed by atoms with E-state index in [4.69, 9.17) is 17.0 Å². The van der Waals surface area contributed by atoms with Gasteiger partial charge in [0.2, 0.25) is 5.91 Å². The molecule has 0 radical (unpaired) electrons. The Labute approximate surface area is 179 Å². The summed E-state index contributed by atoms with van der Waals surface area (Å²) in [4.78, 5) is 16.5. The van der Waals surface area contributed by atoms with Gasteiger partial charge < -0.3 is 9.64 Å². The van der Waals surface area contributed by atoms with Gasteiger partial charge in [0.1, 0.15) is 5.75 Å². The summed E-state index contributed by atoms with van der Waals surface area (Å²) in [5, 5.41) is 9.36. The van der Waals surface area contributed by atoms with E-state index in [1.807, 2.05) is 33.7 Å². The van der Waals surface area contributed by atoms with Crippen LogP contribution in [0.5, 0.6) is 5.75 Å². The molecule has 1 N–H and O–H groups in total. The van der Waals surface area contributed by atoms with Crippen LogP contribution in [0.15, 0.2) is 35.7 Å². The SMILES string of the molecule is CC[C@H]1c2ccsc2CCN1C(=O)CCn1c(-c2ccc(OC)cc2)n[nH]c1=S. The number of H-pyrrole nitrogens is 1. The molecule has 152 valence electrons. The lowest BCUT2D eigenvalue weighted by Gasteiger charge is -2.35. The lowest BCUT2D eigenvalue weighted by Crippen LogP contribution is -2.39. The molecule has 1 atom stereocenters. The summed E-state index contributed by atoms with van der Waals surface area (Å²) in [7, 11) is 1.64. The topological polar surface area (TPSA) is 63.1 Å². The summed E-state index contributed by atoms with van der Waals surface area (Å²) in [6.07, 6.45) is 2.27. The number of hydrogen-bond acceptors (Lipinski definition) is 5. The van der Waals surface area contributed by atoms with Crippen molar-refractivity contribution in [1.82, 2.24) is 19.7 Å². The molecule has 0 spiro atoms. The highest BCUT2D eigenvalue weighted by Crippen LogP contribution is 2.35. The minimum absolute atomic E-state index is 0.164. The second-order valence-corrected chi connectivity index (χ2v) is 8.43. The highest BCUT2D eigenvalue weighted by molar-refractivity contribution is 7.71. The van der Waals surface area contributed by atoms with Crippen LogP contribution in [0.2, 0.25) is 0 Å². The molecule has 1 aliphatic rings. The van der Waals surface area contributed by atoms with Crippen molar-refractivity contribution in [2.45, 2.75) is 38.8 Å². The van der Waals surface area contributed by atoms with Gasteiger partial charge in [0, 0.05) is 30.0 Å². The molecule has 1 amide bonds.